The van der Waals surface area contributed by atoms with Gasteiger partial charge in [0.05, 0.1) is 6.04 Å². The third-order valence-corrected chi connectivity index (χ3v) is 4.28. The first-order chi connectivity index (χ1) is 11.7. The summed E-state index contributed by atoms with van der Waals surface area (Å²) < 4.78 is 0. The van der Waals surface area contributed by atoms with Gasteiger partial charge in [0.15, 0.2) is 0 Å². The zero-order valence-corrected chi connectivity index (χ0v) is 15.9. The van der Waals surface area contributed by atoms with Gasteiger partial charge in [-0.15, -0.1) is 12.4 Å². The van der Waals surface area contributed by atoms with Crippen LogP contribution < -0.4 is 10.6 Å². The minimum atomic E-state index is -0.0321. The molecule has 2 atom stereocenters. The van der Waals surface area contributed by atoms with Crippen LogP contribution in [0.3, 0.4) is 0 Å². The lowest BCUT2D eigenvalue weighted by molar-refractivity contribution is -0.125. The SMILES string of the molecule is CNCC(C)C(=O)NC(CCCc1ccccc1)c1ccccc1.Cl. The Balaban J connectivity index is 0.00000312. The van der Waals surface area contributed by atoms with Gasteiger partial charge in [-0.2, -0.15) is 0 Å². The van der Waals surface area contributed by atoms with Crippen LogP contribution in [0.15, 0.2) is 60.7 Å². The Morgan fingerprint density at radius 3 is 2.20 bits per heavy atom. The van der Waals surface area contributed by atoms with Gasteiger partial charge < -0.3 is 10.6 Å². The molecule has 0 heterocycles. The second-order valence-electron chi connectivity index (χ2n) is 6.31. The van der Waals surface area contributed by atoms with E-state index in [-0.39, 0.29) is 30.3 Å². The maximum absolute atomic E-state index is 12.4. The molecule has 1 amide bonds. The molecule has 2 unspecified atom stereocenters. The number of benzene rings is 2. The normalized spacial score (nSPS) is 12.7. The number of amides is 1. The van der Waals surface area contributed by atoms with Crippen molar-refractivity contribution in [2.45, 2.75) is 32.2 Å². The fourth-order valence-electron chi connectivity index (χ4n) is 2.88. The molecule has 2 N–H and O–H groups in total. The van der Waals surface area contributed by atoms with Gasteiger partial charge >= 0.3 is 0 Å². The Kier molecular flexibility index (Phi) is 9.90. The molecule has 0 bridgehead atoms. The highest BCUT2D eigenvalue weighted by Gasteiger charge is 2.18. The summed E-state index contributed by atoms with van der Waals surface area (Å²) in [6.07, 6.45) is 3.02. The van der Waals surface area contributed by atoms with Crippen molar-refractivity contribution in [2.24, 2.45) is 5.92 Å². The van der Waals surface area contributed by atoms with Crippen molar-refractivity contribution >= 4 is 18.3 Å². The van der Waals surface area contributed by atoms with Gasteiger partial charge in [-0.3, -0.25) is 4.79 Å². The van der Waals surface area contributed by atoms with E-state index in [2.05, 4.69) is 47.0 Å². The summed E-state index contributed by atoms with van der Waals surface area (Å²) in [5.74, 6) is 0.0771. The van der Waals surface area contributed by atoms with E-state index in [0.717, 1.165) is 19.3 Å². The molecule has 0 aliphatic rings. The zero-order chi connectivity index (χ0) is 17.2. The van der Waals surface area contributed by atoms with Gasteiger partial charge in [-0.1, -0.05) is 67.6 Å². The fourth-order valence-corrected chi connectivity index (χ4v) is 2.88. The maximum atomic E-state index is 12.4. The molecular weight excluding hydrogens is 332 g/mol. The lowest BCUT2D eigenvalue weighted by atomic mass is 9.98. The first-order valence-electron chi connectivity index (χ1n) is 8.74. The van der Waals surface area contributed by atoms with Crippen molar-refractivity contribution in [2.75, 3.05) is 13.6 Å². The molecule has 0 aliphatic heterocycles. The standard InChI is InChI=1S/C21H28N2O.ClH/c1-17(16-22-2)21(24)23-20(19-13-7-4-8-14-19)15-9-12-18-10-5-3-6-11-18;/h3-8,10-11,13-14,17,20,22H,9,12,15-16H2,1-2H3,(H,23,24);1H. The van der Waals surface area contributed by atoms with E-state index in [0.29, 0.717) is 6.54 Å². The topological polar surface area (TPSA) is 41.1 Å². The van der Waals surface area contributed by atoms with Crippen LogP contribution in [0.4, 0.5) is 0 Å². The van der Waals surface area contributed by atoms with Gasteiger partial charge in [0.1, 0.15) is 0 Å². The number of hydrogen-bond acceptors (Lipinski definition) is 2. The van der Waals surface area contributed by atoms with Gasteiger partial charge in [0.25, 0.3) is 0 Å². The first kappa shape index (κ1) is 21.2. The lowest BCUT2D eigenvalue weighted by Gasteiger charge is -2.21. The fraction of sp³-hybridized carbons (Fsp3) is 0.381. The highest BCUT2D eigenvalue weighted by molar-refractivity contribution is 5.85. The van der Waals surface area contributed by atoms with Gasteiger partial charge in [-0.05, 0) is 37.4 Å². The van der Waals surface area contributed by atoms with Crippen LogP contribution >= 0.6 is 12.4 Å². The molecular formula is C21H29ClN2O. The minimum Gasteiger partial charge on any atom is -0.349 e. The lowest BCUT2D eigenvalue weighted by Crippen LogP contribution is -2.36. The molecule has 0 aromatic heterocycles. The van der Waals surface area contributed by atoms with Crippen molar-refractivity contribution in [3.63, 3.8) is 0 Å². The Bertz CT molecular complexity index is 604. The summed E-state index contributed by atoms with van der Waals surface area (Å²) in [6.45, 7) is 2.65. The smallest absolute Gasteiger partial charge is 0.224 e. The zero-order valence-electron chi connectivity index (χ0n) is 15.1. The van der Waals surface area contributed by atoms with Gasteiger partial charge in [0, 0.05) is 12.5 Å². The third-order valence-electron chi connectivity index (χ3n) is 4.28. The van der Waals surface area contributed by atoms with E-state index in [9.17, 15) is 4.79 Å². The predicted molar refractivity (Wildman–Crippen MR) is 107 cm³/mol. The summed E-state index contributed by atoms with van der Waals surface area (Å²) in [5.41, 5.74) is 2.52. The molecule has 0 spiro atoms. The number of aryl methyl sites for hydroxylation is 1. The van der Waals surface area contributed by atoms with Crippen LogP contribution in [0.5, 0.6) is 0 Å². The molecule has 4 heteroatoms. The van der Waals surface area contributed by atoms with Crippen LogP contribution in [-0.4, -0.2) is 19.5 Å². The van der Waals surface area contributed by atoms with Crippen molar-refractivity contribution in [3.8, 4) is 0 Å². The Labute approximate surface area is 157 Å². The summed E-state index contributed by atoms with van der Waals surface area (Å²) in [5, 5.41) is 6.29. The highest BCUT2D eigenvalue weighted by atomic mass is 35.5. The molecule has 0 saturated carbocycles. The Hall–Kier alpha value is -1.84. The molecule has 25 heavy (non-hydrogen) atoms. The molecule has 2 rings (SSSR count). The van der Waals surface area contributed by atoms with Crippen molar-refractivity contribution in [1.82, 2.24) is 10.6 Å². The van der Waals surface area contributed by atoms with Crippen LogP contribution in [-0.2, 0) is 11.2 Å². The predicted octanol–water partition coefficient (Wildman–Crippen LogP) is 4.14. The number of carbonyl (C=O) groups excluding carboxylic acids is 1. The Morgan fingerprint density at radius 2 is 1.60 bits per heavy atom. The van der Waals surface area contributed by atoms with Crippen LogP contribution in [0.2, 0.25) is 0 Å². The molecule has 0 aliphatic carbocycles. The third kappa shape index (κ3) is 7.29. The average Bonchev–Trinajstić information content (AvgIpc) is 2.62. The van der Waals surface area contributed by atoms with E-state index in [4.69, 9.17) is 0 Å². The summed E-state index contributed by atoms with van der Waals surface area (Å²) in [4.78, 5) is 12.4. The van der Waals surface area contributed by atoms with Crippen LogP contribution in [0.1, 0.15) is 36.9 Å². The molecule has 0 fully saturated rings. The molecule has 0 saturated heterocycles. The van der Waals surface area contributed by atoms with Crippen LogP contribution in [0, 0.1) is 5.92 Å². The summed E-state index contributed by atoms with van der Waals surface area (Å²) in [6, 6.07) is 20.8. The molecule has 136 valence electrons. The van der Waals surface area contributed by atoms with Crippen LogP contribution in [0.25, 0.3) is 0 Å². The first-order valence-corrected chi connectivity index (χ1v) is 8.74. The van der Waals surface area contributed by atoms with Gasteiger partial charge in [0.2, 0.25) is 5.91 Å². The average molecular weight is 361 g/mol. The van der Waals surface area contributed by atoms with E-state index >= 15 is 0 Å². The number of hydrogen-bond donors (Lipinski definition) is 2. The number of halogens is 1. The molecule has 2 aromatic carbocycles. The van der Waals surface area contributed by atoms with Gasteiger partial charge in [-0.25, -0.2) is 0 Å². The van der Waals surface area contributed by atoms with Crippen molar-refractivity contribution in [1.29, 1.82) is 0 Å². The maximum Gasteiger partial charge on any atom is 0.224 e. The van der Waals surface area contributed by atoms with E-state index < -0.39 is 0 Å². The number of nitrogens with one attached hydrogen (secondary N) is 2. The quantitative estimate of drug-likeness (QED) is 0.705. The molecule has 2 aromatic rings. The van der Waals surface area contributed by atoms with Crippen molar-refractivity contribution in [3.05, 3.63) is 71.8 Å². The highest BCUT2D eigenvalue weighted by Crippen LogP contribution is 2.20. The van der Waals surface area contributed by atoms with E-state index in [1.54, 1.807) is 0 Å². The molecule has 0 radical (unpaired) electrons. The summed E-state index contributed by atoms with van der Waals surface area (Å²) >= 11 is 0. The Morgan fingerprint density at radius 1 is 1.00 bits per heavy atom. The number of carbonyl (C=O) groups is 1. The second-order valence-corrected chi connectivity index (χ2v) is 6.31. The number of rotatable bonds is 9. The second kappa shape index (κ2) is 11.7. The van der Waals surface area contributed by atoms with E-state index in [1.165, 1.54) is 11.1 Å². The van der Waals surface area contributed by atoms with Crippen molar-refractivity contribution < 1.29 is 4.79 Å². The summed E-state index contributed by atoms with van der Waals surface area (Å²) in [7, 11) is 1.87. The van der Waals surface area contributed by atoms with E-state index in [1.807, 2.05) is 38.2 Å². The molecule has 3 nitrogen and oxygen atoms in total. The largest absolute Gasteiger partial charge is 0.349 e. The monoisotopic (exact) mass is 360 g/mol. The minimum absolute atomic E-state index is 0.